The topological polar surface area (TPSA) is 65.0 Å². The largest absolute Gasteiger partial charge is 0.467 e. The van der Waals surface area contributed by atoms with E-state index in [4.69, 9.17) is 9.47 Å². The van der Waals surface area contributed by atoms with Crippen molar-refractivity contribution in [2.45, 2.75) is 12.5 Å². The predicted octanol–water partition coefficient (Wildman–Crippen LogP) is 4.11. The SMILES string of the molecule is COC(=O)[C@H](Cc1ccc(OC(=O)c2ccccc2)cc1)N=Cc1ccccc1. The minimum absolute atomic E-state index is 0.378. The van der Waals surface area contributed by atoms with Crippen LogP contribution in [-0.4, -0.2) is 31.3 Å². The van der Waals surface area contributed by atoms with Crippen molar-refractivity contribution < 1.29 is 19.1 Å². The van der Waals surface area contributed by atoms with E-state index in [0.29, 0.717) is 17.7 Å². The lowest BCUT2D eigenvalue weighted by atomic mass is 10.1. The number of methoxy groups -OCH3 is 1. The van der Waals surface area contributed by atoms with Crippen molar-refractivity contribution in [2.24, 2.45) is 4.99 Å². The molecule has 0 unspecified atom stereocenters. The summed E-state index contributed by atoms with van der Waals surface area (Å²) in [5.74, 6) is -0.389. The van der Waals surface area contributed by atoms with Crippen molar-refractivity contribution in [1.29, 1.82) is 0 Å². The molecule has 0 aliphatic carbocycles. The van der Waals surface area contributed by atoms with Gasteiger partial charge in [-0.3, -0.25) is 4.99 Å². The Balaban J connectivity index is 1.66. The van der Waals surface area contributed by atoms with Crippen LogP contribution in [0.5, 0.6) is 5.75 Å². The zero-order valence-corrected chi connectivity index (χ0v) is 16.0. The molecule has 0 amide bonds. The van der Waals surface area contributed by atoms with Crippen molar-refractivity contribution in [2.75, 3.05) is 7.11 Å². The van der Waals surface area contributed by atoms with Gasteiger partial charge in [-0.15, -0.1) is 0 Å². The first-order chi connectivity index (χ1) is 14.2. The molecule has 0 N–H and O–H groups in total. The molecule has 0 aliphatic heterocycles. The lowest BCUT2D eigenvalue weighted by Crippen LogP contribution is -2.23. The van der Waals surface area contributed by atoms with Crippen molar-refractivity contribution in [3.8, 4) is 5.75 Å². The van der Waals surface area contributed by atoms with Gasteiger partial charge in [0, 0.05) is 12.6 Å². The third-order valence-electron chi connectivity index (χ3n) is 4.25. The lowest BCUT2D eigenvalue weighted by Gasteiger charge is -2.11. The maximum Gasteiger partial charge on any atom is 0.343 e. The summed E-state index contributed by atoms with van der Waals surface area (Å²) < 4.78 is 10.3. The predicted molar refractivity (Wildman–Crippen MR) is 111 cm³/mol. The van der Waals surface area contributed by atoms with E-state index in [-0.39, 0.29) is 0 Å². The van der Waals surface area contributed by atoms with E-state index in [1.54, 1.807) is 42.6 Å². The summed E-state index contributed by atoms with van der Waals surface area (Å²) in [6, 6.07) is 24.7. The molecular weight excluding hydrogens is 366 g/mol. The van der Waals surface area contributed by atoms with Gasteiger partial charge in [0.15, 0.2) is 6.04 Å². The molecule has 0 saturated carbocycles. The summed E-state index contributed by atoms with van der Waals surface area (Å²) in [6.07, 6.45) is 2.04. The average molecular weight is 387 g/mol. The lowest BCUT2D eigenvalue weighted by molar-refractivity contribution is -0.142. The van der Waals surface area contributed by atoms with E-state index in [1.165, 1.54) is 7.11 Å². The molecule has 1 atom stereocenters. The van der Waals surface area contributed by atoms with E-state index >= 15 is 0 Å². The number of ether oxygens (including phenoxy) is 2. The van der Waals surface area contributed by atoms with Crippen molar-refractivity contribution in [3.63, 3.8) is 0 Å². The van der Waals surface area contributed by atoms with Gasteiger partial charge in [-0.05, 0) is 35.4 Å². The minimum atomic E-state index is -0.655. The Morgan fingerprint density at radius 3 is 2.14 bits per heavy atom. The molecule has 0 bridgehead atoms. The van der Waals surface area contributed by atoms with E-state index in [9.17, 15) is 9.59 Å². The van der Waals surface area contributed by atoms with Crippen LogP contribution < -0.4 is 4.74 Å². The Bertz CT molecular complexity index is 967. The van der Waals surface area contributed by atoms with Gasteiger partial charge in [0.2, 0.25) is 0 Å². The van der Waals surface area contributed by atoms with E-state index in [1.807, 2.05) is 48.5 Å². The summed E-state index contributed by atoms with van der Waals surface area (Å²) in [5, 5.41) is 0. The van der Waals surface area contributed by atoms with Gasteiger partial charge in [-0.1, -0.05) is 60.7 Å². The van der Waals surface area contributed by atoms with E-state index < -0.39 is 18.0 Å². The molecule has 29 heavy (non-hydrogen) atoms. The number of nitrogens with zero attached hydrogens (tertiary/aromatic N) is 1. The molecule has 5 nitrogen and oxygen atoms in total. The molecule has 0 saturated heterocycles. The standard InChI is InChI=1S/C24H21NO4/c1-28-24(27)22(25-17-19-8-4-2-5-9-19)16-18-12-14-21(15-13-18)29-23(26)20-10-6-3-7-11-20/h2-15,17,22H,16H2,1H3/t22-/m0/s1. The van der Waals surface area contributed by atoms with Crippen LogP contribution in [0.2, 0.25) is 0 Å². The van der Waals surface area contributed by atoms with Crippen LogP contribution in [0.25, 0.3) is 0 Å². The molecule has 0 aliphatic rings. The molecular formula is C24H21NO4. The Hall–Kier alpha value is -3.73. The Morgan fingerprint density at radius 2 is 1.52 bits per heavy atom. The molecule has 0 heterocycles. The monoisotopic (exact) mass is 387 g/mol. The normalized spacial score (nSPS) is 11.8. The van der Waals surface area contributed by atoms with Crippen LogP contribution in [0.15, 0.2) is 89.9 Å². The maximum absolute atomic E-state index is 12.1. The van der Waals surface area contributed by atoms with Crippen LogP contribution in [0, 0.1) is 0 Å². The highest BCUT2D eigenvalue weighted by molar-refractivity contribution is 5.91. The Kier molecular flexibility index (Phi) is 6.90. The quantitative estimate of drug-likeness (QED) is 0.348. The van der Waals surface area contributed by atoms with Gasteiger partial charge in [-0.25, -0.2) is 9.59 Å². The van der Waals surface area contributed by atoms with Crippen LogP contribution in [0.3, 0.4) is 0 Å². The van der Waals surface area contributed by atoms with Gasteiger partial charge in [0.1, 0.15) is 5.75 Å². The third kappa shape index (κ3) is 5.87. The van der Waals surface area contributed by atoms with Crippen molar-refractivity contribution >= 4 is 18.2 Å². The van der Waals surface area contributed by atoms with Crippen LogP contribution >= 0.6 is 0 Å². The number of hydrogen-bond donors (Lipinski definition) is 0. The summed E-state index contributed by atoms with van der Waals surface area (Å²) in [7, 11) is 1.35. The van der Waals surface area contributed by atoms with Gasteiger partial charge >= 0.3 is 11.9 Å². The highest BCUT2D eigenvalue weighted by atomic mass is 16.5. The van der Waals surface area contributed by atoms with Crippen LogP contribution in [0.1, 0.15) is 21.5 Å². The first kappa shape index (κ1) is 20.0. The summed E-state index contributed by atoms with van der Waals surface area (Å²) in [5.41, 5.74) is 2.27. The van der Waals surface area contributed by atoms with E-state index in [0.717, 1.165) is 11.1 Å². The summed E-state index contributed by atoms with van der Waals surface area (Å²) in [6.45, 7) is 0. The average Bonchev–Trinajstić information content (AvgIpc) is 2.78. The minimum Gasteiger partial charge on any atom is -0.467 e. The number of carbonyl (C=O) groups excluding carboxylic acids is 2. The summed E-state index contributed by atoms with van der Waals surface area (Å²) >= 11 is 0. The van der Waals surface area contributed by atoms with Crippen LogP contribution in [-0.2, 0) is 16.0 Å². The van der Waals surface area contributed by atoms with Gasteiger partial charge in [0.25, 0.3) is 0 Å². The second-order valence-electron chi connectivity index (χ2n) is 6.33. The molecule has 0 spiro atoms. The van der Waals surface area contributed by atoms with Crippen molar-refractivity contribution in [3.05, 3.63) is 102 Å². The second-order valence-corrected chi connectivity index (χ2v) is 6.33. The number of aliphatic imine (C=N–C) groups is 1. The highest BCUT2D eigenvalue weighted by Gasteiger charge is 2.18. The number of hydrogen-bond acceptors (Lipinski definition) is 5. The fourth-order valence-electron chi connectivity index (χ4n) is 2.71. The summed E-state index contributed by atoms with van der Waals surface area (Å²) in [4.78, 5) is 28.6. The molecule has 3 aromatic rings. The number of esters is 2. The van der Waals surface area contributed by atoms with Crippen LogP contribution in [0.4, 0.5) is 0 Å². The fraction of sp³-hybridized carbons (Fsp3) is 0.125. The zero-order chi connectivity index (χ0) is 20.5. The molecule has 0 fully saturated rings. The number of carbonyl (C=O) groups is 2. The Morgan fingerprint density at radius 1 is 0.897 bits per heavy atom. The first-order valence-electron chi connectivity index (χ1n) is 9.18. The first-order valence-corrected chi connectivity index (χ1v) is 9.18. The molecule has 146 valence electrons. The number of rotatable bonds is 7. The van der Waals surface area contributed by atoms with Crippen molar-refractivity contribution in [1.82, 2.24) is 0 Å². The number of benzene rings is 3. The fourth-order valence-corrected chi connectivity index (χ4v) is 2.71. The second kappa shape index (κ2) is 9.99. The van der Waals surface area contributed by atoms with Gasteiger partial charge in [-0.2, -0.15) is 0 Å². The molecule has 5 heteroatoms. The Labute approximate surface area is 169 Å². The highest BCUT2D eigenvalue weighted by Crippen LogP contribution is 2.16. The zero-order valence-electron chi connectivity index (χ0n) is 16.0. The molecule has 3 rings (SSSR count). The molecule has 3 aromatic carbocycles. The van der Waals surface area contributed by atoms with Gasteiger partial charge in [0.05, 0.1) is 12.7 Å². The molecule has 0 aromatic heterocycles. The van der Waals surface area contributed by atoms with Gasteiger partial charge < -0.3 is 9.47 Å². The maximum atomic E-state index is 12.1. The third-order valence-corrected chi connectivity index (χ3v) is 4.25. The molecule has 0 radical (unpaired) electrons. The van der Waals surface area contributed by atoms with E-state index in [2.05, 4.69) is 4.99 Å². The smallest absolute Gasteiger partial charge is 0.343 e.